The van der Waals surface area contributed by atoms with E-state index < -0.39 is 18.2 Å². The largest absolute Gasteiger partial charge is 0.487 e. The van der Waals surface area contributed by atoms with Crippen LogP contribution in [0.1, 0.15) is 70.6 Å². The zero-order chi connectivity index (χ0) is 44.9. The molecule has 338 valence electrons. The first-order valence-corrected chi connectivity index (χ1v) is 20.9. The molecule has 0 spiro atoms. The summed E-state index contributed by atoms with van der Waals surface area (Å²) in [7, 11) is 5.72. The quantitative estimate of drug-likeness (QED) is 0.0628. The summed E-state index contributed by atoms with van der Waals surface area (Å²) < 4.78 is 32.6. The number of ether oxygens (including phenoxy) is 6. The van der Waals surface area contributed by atoms with Crippen molar-refractivity contribution in [3.05, 3.63) is 60.4 Å². The first-order valence-electron chi connectivity index (χ1n) is 20.9. The van der Waals surface area contributed by atoms with E-state index in [1.165, 1.54) is 20.6 Å². The number of rotatable bonds is 21. The van der Waals surface area contributed by atoms with Crippen molar-refractivity contribution >= 4 is 24.0 Å². The zero-order valence-corrected chi connectivity index (χ0v) is 36.9. The molecule has 4 aromatic rings. The van der Waals surface area contributed by atoms with Gasteiger partial charge in [-0.05, 0) is 55.9 Å². The standard InChI is InChI=1S/C41H54N8O10.C3H8/c1-26(46-41(53)57-5)39(51)49-18-8-9-33(49)38-44-24-32(48-38)30-16-15-29(36(58-21-19-54-2)37(30)59-22-20-55-3)27-11-13-28(14-12-27)31-23-43-34(47-31)10-6-7-17-42-35(50)25-45-40(52)56-4;1-3-2/h11-16,23-24,26,33H,6-10,17-22,25H2,1-5H3,(H,42,50)(H,43,47)(H,44,48)(H,45,52)(H,46,53);3H2,1-2H3. The maximum absolute atomic E-state index is 13.3. The predicted molar refractivity (Wildman–Crippen MR) is 233 cm³/mol. The van der Waals surface area contributed by atoms with Crippen molar-refractivity contribution in [3.63, 3.8) is 0 Å². The third-order valence-electron chi connectivity index (χ3n) is 9.68. The number of nitrogens with one attached hydrogen (secondary N) is 5. The first kappa shape index (κ1) is 48.5. The normalized spacial score (nSPS) is 13.7. The Labute approximate surface area is 363 Å². The summed E-state index contributed by atoms with van der Waals surface area (Å²) >= 11 is 0. The van der Waals surface area contributed by atoms with Gasteiger partial charge in [0.1, 0.15) is 30.9 Å². The van der Waals surface area contributed by atoms with E-state index in [2.05, 4.69) is 54.2 Å². The number of aromatic amines is 2. The van der Waals surface area contributed by atoms with Gasteiger partial charge in [0.25, 0.3) is 0 Å². The van der Waals surface area contributed by atoms with Crippen LogP contribution in [0.4, 0.5) is 9.59 Å². The van der Waals surface area contributed by atoms with Crippen molar-refractivity contribution in [1.82, 2.24) is 40.8 Å². The molecule has 62 heavy (non-hydrogen) atoms. The van der Waals surface area contributed by atoms with Gasteiger partial charge in [0.2, 0.25) is 11.8 Å². The van der Waals surface area contributed by atoms with Gasteiger partial charge >= 0.3 is 12.2 Å². The lowest BCUT2D eigenvalue weighted by Gasteiger charge is -2.26. The number of H-pyrrole nitrogens is 2. The SMILES string of the molecule is CCC.COCCOc1c(-c2ccc(-c3cnc(CCCCNC(=O)CNC(=O)OC)[nH]3)cc2)ccc(-c2cnc(C3CCCN3C(=O)C(C)NC(=O)OC)[nH]2)c1OCCOC. The Bertz CT molecular complexity index is 2020. The second kappa shape index (κ2) is 25.6. The number of methoxy groups -OCH3 is 4. The maximum atomic E-state index is 13.3. The van der Waals surface area contributed by atoms with Crippen molar-refractivity contribution in [2.75, 3.05) is 74.5 Å². The molecule has 1 saturated heterocycles. The number of alkyl carbamates (subject to hydrolysis) is 2. The Morgan fingerprint density at radius 2 is 1.40 bits per heavy atom. The molecular formula is C44H62N8O10. The molecule has 18 heteroatoms. The van der Waals surface area contributed by atoms with E-state index >= 15 is 0 Å². The minimum absolute atomic E-state index is 0.137. The molecule has 1 fully saturated rings. The smallest absolute Gasteiger partial charge is 0.407 e. The third kappa shape index (κ3) is 14.0. The van der Waals surface area contributed by atoms with Crippen molar-refractivity contribution in [3.8, 4) is 45.1 Å². The van der Waals surface area contributed by atoms with Gasteiger partial charge in [-0.15, -0.1) is 0 Å². The molecule has 3 heterocycles. The van der Waals surface area contributed by atoms with Crippen molar-refractivity contribution < 1.29 is 47.6 Å². The highest BCUT2D eigenvalue weighted by molar-refractivity contribution is 5.86. The van der Waals surface area contributed by atoms with Gasteiger partial charge in [0.05, 0.1) is 63.8 Å². The van der Waals surface area contributed by atoms with Crippen LogP contribution < -0.4 is 25.4 Å². The summed E-state index contributed by atoms with van der Waals surface area (Å²) in [6.07, 6.45) is 7.22. The number of nitrogens with zero attached hydrogens (tertiary/aromatic N) is 3. The molecule has 2 aromatic heterocycles. The van der Waals surface area contributed by atoms with Crippen LogP contribution in [0.15, 0.2) is 48.8 Å². The minimum Gasteiger partial charge on any atom is -0.487 e. The van der Waals surface area contributed by atoms with Crippen molar-refractivity contribution in [2.45, 2.75) is 71.4 Å². The molecule has 5 rings (SSSR count). The highest BCUT2D eigenvalue weighted by Gasteiger charge is 2.35. The lowest BCUT2D eigenvalue weighted by molar-refractivity contribution is -0.134. The number of hydrogen-bond donors (Lipinski definition) is 5. The second-order valence-corrected chi connectivity index (χ2v) is 14.4. The van der Waals surface area contributed by atoms with Crippen LogP contribution in [-0.4, -0.2) is 129 Å². The van der Waals surface area contributed by atoms with E-state index in [1.807, 2.05) is 36.4 Å². The molecule has 1 aliphatic rings. The van der Waals surface area contributed by atoms with Crippen LogP contribution in [0.2, 0.25) is 0 Å². The Balaban J connectivity index is 0.00000273. The molecule has 0 saturated carbocycles. The summed E-state index contributed by atoms with van der Waals surface area (Å²) in [5.41, 5.74) is 4.92. The average molecular weight is 863 g/mol. The van der Waals surface area contributed by atoms with Gasteiger partial charge in [-0.2, -0.15) is 0 Å². The number of hydrogen-bond acceptors (Lipinski definition) is 12. The number of aromatic nitrogens is 4. The summed E-state index contributed by atoms with van der Waals surface area (Å²) in [4.78, 5) is 66.0. The van der Waals surface area contributed by atoms with Gasteiger partial charge in [-0.3, -0.25) is 9.59 Å². The Morgan fingerprint density at radius 1 is 0.774 bits per heavy atom. The second-order valence-electron chi connectivity index (χ2n) is 14.4. The van der Waals surface area contributed by atoms with E-state index in [-0.39, 0.29) is 37.6 Å². The van der Waals surface area contributed by atoms with E-state index in [1.54, 1.807) is 38.4 Å². The van der Waals surface area contributed by atoms with Crippen LogP contribution in [0, 0.1) is 0 Å². The Hall–Kier alpha value is -6.14. The Morgan fingerprint density at radius 3 is 2.06 bits per heavy atom. The molecule has 0 aliphatic carbocycles. The molecule has 2 aromatic carbocycles. The number of carbonyl (C=O) groups excluding carboxylic acids is 4. The van der Waals surface area contributed by atoms with E-state index in [0.717, 1.165) is 47.5 Å². The highest BCUT2D eigenvalue weighted by atomic mass is 16.6. The monoisotopic (exact) mass is 862 g/mol. The Kier molecular flexibility index (Phi) is 20.0. The van der Waals surface area contributed by atoms with Gasteiger partial charge in [0.15, 0.2) is 11.5 Å². The number of amides is 4. The van der Waals surface area contributed by atoms with Crippen molar-refractivity contribution in [2.24, 2.45) is 0 Å². The van der Waals surface area contributed by atoms with Gasteiger partial charge in [-0.1, -0.05) is 44.5 Å². The number of likely N-dealkylation sites (tertiary alicyclic amines) is 1. The molecule has 2 atom stereocenters. The van der Waals surface area contributed by atoms with Gasteiger partial charge in [0, 0.05) is 44.9 Å². The number of aryl methyl sites for hydroxylation is 1. The fourth-order valence-corrected chi connectivity index (χ4v) is 6.64. The highest BCUT2D eigenvalue weighted by Crippen LogP contribution is 2.45. The molecular weight excluding hydrogens is 801 g/mol. The molecule has 18 nitrogen and oxygen atoms in total. The summed E-state index contributed by atoms with van der Waals surface area (Å²) in [6.45, 7) is 8.00. The zero-order valence-electron chi connectivity index (χ0n) is 36.9. The number of unbranched alkanes of at least 4 members (excludes halogenated alkanes) is 1. The van der Waals surface area contributed by atoms with E-state index in [4.69, 9.17) is 23.9 Å². The van der Waals surface area contributed by atoms with Crippen LogP contribution in [0.5, 0.6) is 11.5 Å². The van der Waals surface area contributed by atoms with Crippen LogP contribution >= 0.6 is 0 Å². The third-order valence-corrected chi connectivity index (χ3v) is 9.68. The van der Waals surface area contributed by atoms with Crippen molar-refractivity contribution in [1.29, 1.82) is 0 Å². The molecule has 2 unspecified atom stereocenters. The fraction of sp³-hybridized carbons (Fsp3) is 0.500. The number of carbonyl (C=O) groups is 4. The summed E-state index contributed by atoms with van der Waals surface area (Å²) in [5.74, 6) is 1.99. The predicted octanol–water partition coefficient (Wildman–Crippen LogP) is 5.80. The van der Waals surface area contributed by atoms with E-state index in [0.29, 0.717) is 67.7 Å². The average Bonchev–Trinajstić information content (AvgIpc) is 4.08. The number of benzene rings is 2. The molecule has 0 bridgehead atoms. The van der Waals surface area contributed by atoms with Crippen LogP contribution in [0.25, 0.3) is 33.6 Å². The number of imidazole rings is 2. The van der Waals surface area contributed by atoms with Crippen LogP contribution in [0.3, 0.4) is 0 Å². The lowest BCUT2D eigenvalue weighted by atomic mass is 9.98. The van der Waals surface area contributed by atoms with Gasteiger partial charge in [-0.25, -0.2) is 19.6 Å². The minimum atomic E-state index is -0.765. The fourth-order valence-electron chi connectivity index (χ4n) is 6.64. The summed E-state index contributed by atoms with van der Waals surface area (Å²) in [5, 5.41) is 7.68. The van der Waals surface area contributed by atoms with Gasteiger partial charge < -0.3 is 59.2 Å². The molecule has 4 amide bonds. The molecule has 0 radical (unpaired) electrons. The first-order chi connectivity index (χ1) is 30.1. The van der Waals surface area contributed by atoms with Crippen LogP contribution in [-0.2, 0) is 35.0 Å². The topological polar surface area (TPSA) is 220 Å². The maximum Gasteiger partial charge on any atom is 0.407 e. The molecule has 5 N–H and O–H groups in total. The summed E-state index contributed by atoms with van der Waals surface area (Å²) in [6, 6.07) is 10.9. The lowest BCUT2D eigenvalue weighted by Crippen LogP contribution is -2.46. The van der Waals surface area contributed by atoms with E-state index in [9.17, 15) is 19.2 Å². The molecule has 1 aliphatic heterocycles.